The van der Waals surface area contributed by atoms with Crippen LogP contribution >= 0.6 is 0 Å². The summed E-state index contributed by atoms with van der Waals surface area (Å²) in [6.45, 7) is 0.562. The maximum atomic E-state index is 12.6. The number of carbonyl (C=O) groups excluding carboxylic acids is 3. The molecule has 8 heteroatoms. The van der Waals surface area contributed by atoms with Gasteiger partial charge in [-0.3, -0.25) is 14.5 Å². The van der Waals surface area contributed by atoms with Crippen molar-refractivity contribution in [2.45, 2.75) is 32.0 Å². The highest BCUT2D eigenvalue weighted by molar-refractivity contribution is 6.04. The number of methoxy groups -OCH3 is 2. The summed E-state index contributed by atoms with van der Waals surface area (Å²) in [4.78, 5) is 38.1. The van der Waals surface area contributed by atoms with Gasteiger partial charge < -0.3 is 20.1 Å². The minimum atomic E-state index is -0.692. The fourth-order valence-corrected chi connectivity index (χ4v) is 3.14. The van der Waals surface area contributed by atoms with Crippen molar-refractivity contribution in [2.24, 2.45) is 0 Å². The third-order valence-electron chi connectivity index (χ3n) is 4.92. The first kappa shape index (κ1) is 21.2. The van der Waals surface area contributed by atoms with Crippen LogP contribution in [0.1, 0.15) is 24.0 Å². The second-order valence-corrected chi connectivity index (χ2v) is 6.94. The Balaban J connectivity index is 1.46. The summed E-state index contributed by atoms with van der Waals surface area (Å²) in [5, 5.41) is 5.48. The molecule has 0 radical (unpaired) electrons. The molecule has 1 aliphatic rings. The molecule has 0 unspecified atom stereocenters. The first-order valence-electron chi connectivity index (χ1n) is 9.64. The van der Waals surface area contributed by atoms with Gasteiger partial charge in [0.05, 0.1) is 20.8 Å². The number of carbonyl (C=O) groups is 3. The fourth-order valence-electron chi connectivity index (χ4n) is 3.14. The van der Waals surface area contributed by atoms with Gasteiger partial charge in [0.25, 0.3) is 5.91 Å². The van der Waals surface area contributed by atoms with Gasteiger partial charge in [0.2, 0.25) is 5.91 Å². The van der Waals surface area contributed by atoms with E-state index in [0.29, 0.717) is 12.3 Å². The molecule has 1 atom stereocenters. The Bertz CT molecular complexity index is 896. The lowest BCUT2D eigenvalue weighted by Crippen LogP contribution is -2.32. The van der Waals surface area contributed by atoms with E-state index in [2.05, 4.69) is 10.6 Å². The number of urea groups is 1. The van der Waals surface area contributed by atoms with Crippen LogP contribution in [0, 0.1) is 0 Å². The Hall–Kier alpha value is -3.55. The predicted molar refractivity (Wildman–Crippen MR) is 110 cm³/mol. The molecule has 8 nitrogen and oxygen atoms in total. The van der Waals surface area contributed by atoms with Crippen LogP contribution in [0.25, 0.3) is 0 Å². The van der Waals surface area contributed by atoms with Gasteiger partial charge in [0.1, 0.15) is 17.5 Å². The Morgan fingerprint density at radius 3 is 2.10 bits per heavy atom. The molecule has 0 bridgehead atoms. The lowest BCUT2D eigenvalue weighted by Gasteiger charge is -2.13. The highest BCUT2D eigenvalue weighted by Crippen LogP contribution is 2.17. The Morgan fingerprint density at radius 1 is 0.967 bits per heavy atom. The quantitative estimate of drug-likeness (QED) is 0.617. The van der Waals surface area contributed by atoms with E-state index in [1.54, 1.807) is 38.5 Å². The van der Waals surface area contributed by atoms with E-state index in [1.165, 1.54) is 4.90 Å². The van der Waals surface area contributed by atoms with Crippen molar-refractivity contribution < 1.29 is 23.9 Å². The largest absolute Gasteiger partial charge is 0.497 e. The molecule has 1 aliphatic heterocycles. The highest BCUT2D eigenvalue weighted by atomic mass is 16.5. The van der Waals surface area contributed by atoms with Crippen LogP contribution in [-0.4, -0.2) is 43.0 Å². The van der Waals surface area contributed by atoms with Gasteiger partial charge in [-0.2, -0.15) is 0 Å². The summed E-state index contributed by atoms with van der Waals surface area (Å²) in [6, 6.07) is 13.4. The van der Waals surface area contributed by atoms with E-state index in [1.807, 2.05) is 24.3 Å². The molecule has 1 saturated heterocycles. The first-order chi connectivity index (χ1) is 14.5. The summed E-state index contributed by atoms with van der Waals surface area (Å²) >= 11 is 0. The van der Waals surface area contributed by atoms with Crippen molar-refractivity contribution in [3.63, 3.8) is 0 Å². The van der Waals surface area contributed by atoms with Crippen LogP contribution in [0.5, 0.6) is 11.5 Å². The van der Waals surface area contributed by atoms with Crippen molar-refractivity contribution >= 4 is 17.8 Å². The molecule has 158 valence electrons. The summed E-state index contributed by atoms with van der Waals surface area (Å²) in [7, 11) is 3.17. The molecule has 4 amide bonds. The lowest BCUT2D eigenvalue weighted by molar-refractivity contribution is -0.128. The van der Waals surface area contributed by atoms with Crippen molar-refractivity contribution in [1.29, 1.82) is 0 Å². The van der Waals surface area contributed by atoms with E-state index in [-0.39, 0.29) is 31.2 Å². The minimum Gasteiger partial charge on any atom is -0.497 e. The molecule has 2 aromatic carbocycles. The van der Waals surface area contributed by atoms with Crippen LogP contribution in [0.3, 0.4) is 0 Å². The molecule has 1 heterocycles. The number of amides is 4. The molecular formula is C22H25N3O5. The summed E-state index contributed by atoms with van der Waals surface area (Å²) in [5.74, 6) is 0.953. The number of nitrogens with zero attached hydrogens (tertiary/aromatic N) is 1. The van der Waals surface area contributed by atoms with Gasteiger partial charge in [-0.1, -0.05) is 24.3 Å². The Morgan fingerprint density at radius 2 is 1.53 bits per heavy atom. The van der Waals surface area contributed by atoms with Crippen LogP contribution in [0.2, 0.25) is 0 Å². The Kier molecular flexibility index (Phi) is 6.90. The summed E-state index contributed by atoms with van der Waals surface area (Å²) in [6.07, 6.45) is 0.390. The molecule has 1 fully saturated rings. The second kappa shape index (κ2) is 9.78. The van der Waals surface area contributed by atoms with Gasteiger partial charge in [0.15, 0.2) is 0 Å². The van der Waals surface area contributed by atoms with E-state index in [4.69, 9.17) is 9.47 Å². The number of ether oxygens (including phenoxy) is 2. The van der Waals surface area contributed by atoms with Crippen molar-refractivity contribution in [2.75, 3.05) is 14.2 Å². The van der Waals surface area contributed by atoms with Crippen LogP contribution < -0.4 is 20.1 Å². The fraction of sp³-hybridized carbons (Fsp3) is 0.318. The van der Waals surface area contributed by atoms with Crippen molar-refractivity contribution in [3.8, 4) is 11.5 Å². The van der Waals surface area contributed by atoms with Gasteiger partial charge in [-0.05, 0) is 41.8 Å². The predicted octanol–water partition coefficient (Wildman–Crippen LogP) is 2.22. The number of hydrogen-bond acceptors (Lipinski definition) is 5. The molecule has 2 aromatic rings. The number of rotatable bonds is 9. The SMILES string of the molecule is COc1ccc(CNC(=O)CC[C@H]2NC(=O)N(Cc3ccc(OC)cc3)C2=O)cc1. The van der Waals surface area contributed by atoms with Gasteiger partial charge in [0, 0.05) is 13.0 Å². The first-order valence-corrected chi connectivity index (χ1v) is 9.64. The molecule has 2 N–H and O–H groups in total. The normalized spacial score (nSPS) is 15.7. The second-order valence-electron chi connectivity index (χ2n) is 6.94. The average Bonchev–Trinajstić information content (AvgIpc) is 3.04. The maximum Gasteiger partial charge on any atom is 0.325 e. The maximum absolute atomic E-state index is 12.6. The van der Waals surface area contributed by atoms with Gasteiger partial charge >= 0.3 is 6.03 Å². The third-order valence-corrected chi connectivity index (χ3v) is 4.92. The number of hydrogen-bond donors (Lipinski definition) is 2. The zero-order valence-corrected chi connectivity index (χ0v) is 17.0. The zero-order chi connectivity index (χ0) is 21.5. The molecule has 0 aliphatic carbocycles. The van der Waals surface area contributed by atoms with E-state index < -0.39 is 12.1 Å². The van der Waals surface area contributed by atoms with Gasteiger partial charge in [-0.15, -0.1) is 0 Å². The lowest BCUT2D eigenvalue weighted by atomic mass is 10.1. The average molecular weight is 411 g/mol. The van der Waals surface area contributed by atoms with Crippen LogP contribution in [0.4, 0.5) is 4.79 Å². The van der Waals surface area contributed by atoms with E-state index in [0.717, 1.165) is 16.9 Å². The summed E-state index contributed by atoms with van der Waals surface area (Å²) in [5.41, 5.74) is 1.76. The van der Waals surface area contributed by atoms with E-state index >= 15 is 0 Å². The van der Waals surface area contributed by atoms with Crippen molar-refractivity contribution in [3.05, 3.63) is 59.7 Å². The monoisotopic (exact) mass is 411 g/mol. The number of nitrogens with one attached hydrogen (secondary N) is 2. The smallest absolute Gasteiger partial charge is 0.325 e. The Labute approximate surface area is 175 Å². The molecule has 30 heavy (non-hydrogen) atoms. The van der Waals surface area contributed by atoms with Gasteiger partial charge in [-0.25, -0.2) is 4.79 Å². The molecule has 3 rings (SSSR count). The number of imide groups is 1. The highest BCUT2D eigenvalue weighted by Gasteiger charge is 2.37. The molecule has 0 spiro atoms. The molecule has 0 aromatic heterocycles. The summed E-state index contributed by atoms with van der Waals surface area (Å²) < 4.78 is 10.2. The third kappa shape index (κ3) is 5.28. The molecule has 0 saturated carbocycles. The number of benzene rings is 2. The topological polar surface area (TPSA) is 97.0 Å². The zero-order valence-electron chi connectivity index (χ0n) is 17.0. The molecular weight excluding hydrogens is 386 g/mol. The van der Waals surface area contributed by atoms with E-state index in [9.17, 15) is 14.4 Å². The van der Waals surface area contributed by atoms with Crippen molar-refractivity contribution in [1.82, 2.24) is 15.5 Å². The minimum absolute atomic E-state index is 0.142. The van der Waals surface area contributed by atoms with Crippen LogP contribution in [-0.2, 0) is 22.7 Å². The van der Waals surface area contributed by atoms with Crippen LogP contribution in [0.15, 0.2) is 48.5 Å². The standard InChI is InChI=1S/C22H25N3O5/c1-29-17-7-3-15(4-8-17)13-23-20(26)12-11-19-21(27)25(22(28)24-19)14-16-5-9-18(30-2)10-6-16/h3-10,19H,11-14H2,1-2H3,(H,23,26)(H,24,28)/t19-/m1/s1.